The monoisotopic (exact) mass is 297 g/mol. The van der Waals surface area contributed by atoms with Crippen LogP contribution in [-0.2, 0) is 4.74 Å². The maximum Gasteiger partial charge on any atom is 0.164 e. The molecule has 0 N–H and O–H groups in total. The summed E-state index contributed by atoms with van der Waals surface area (Å²) in [5.74, 6) is -1.65. The van der Waals surface area contributed by atoms with Crippen molar-refractivity contribution < 1.29 is 18.3 Å². The van der Waals surface area contributed by atoms with Gasteiger partial charge in [-0.3, -0.25) is 4.79 Å². The van der Waals surface area contributed by atoms with Crippen molar-refractivity contribution in [2.45, 2.75) is 32.3 Å². The maximum atomic E-state index is 13.1. The van der Waals surface area contributed by atoms with Crippen LogP contribution >= 0.6 is 0 Å². The number of rotatable bonds is 6. The molecular formula is C16H21F2NO2. The molecule has 3 nitrogen and oxygen atoms in total. The lowest BCUT2D eigenvalue weighted by atomic mass is 10.1. The Labute approximate surface area is 123 Å². The fourth-order valence-corrected chi connectivity index (χ4v) is 2.65. The van der Waals surface area contributed by atoms with E-state index in [0.717, 1.165) is 50.7 Å². The van der Waals surface area contributed by atoms with Gasteiger partial charge in [0.05, 0.1) is 6.10 Å². The van der Waals surface area contributed by atoms with Crippen LogP contribution in [0.25, 0.3) is 0 Å². The highest BCUT2D eigenvalue weighted by atomic mass is 19.1. The summed E-state index contributed by atoms with van der Waals surface area (Å²) in [7, 11) is 0. The van der Waals surface area contributed by atoms with Gasteiger partial charge in [-0.25, -0.2) is 8.78 Å². The number of Topliss-reactive ketones (excluding diaryl/α,β-unsaturated/α-hetero) is 1. The van der Waals surface area contributed by atoms with Gasteiger partial charge in [0, 0.05) is 44.3 Å². The van der Waals surface area contributed by atoms with Crippen LogP contribution in [0, 0.1) is 11.6 Å². The molecule has 1 fully saturated rings. The summed E-state index contributed by atoms with van der Waals surface area (Å²) in [4.78, 5) is 14.2. The summed E-state index contributed by atoms with van der Waals surface area (Å²) in [5.41, 5.74) is 0.108. The average molecular weight is 297 g/mol. The zero-order valence-electron chi connectivity index (χ0n) is 12.3. The van der Waals surface area contributed by atoms with E-state index in [9.17, 15) is 13.6 Å². The Bertz CT molecular complexity index is 465. The van der Waals surface area contributed by atoms with Crippen molar-refractivity contribution >= 4 is 5.78 Å². The summed E-state index contributed by atoms with van der Waals surface area (Å²) in [6, 6.07) is 2.95. The first-order chi connectivity index (χ1) is 10.1. The van der Waals surface area contributed by atoms with Crippen molar-refractivity contribution in [2.75, 3.05) is 26.2 Å². The second-order valence-corrected chi connectivity index (χ2v) is 5.33. The second kappa shape index (κ2) is 7.61. The van der Waals surface area contributed by atoms with E-state index in [-0.39, 0.29) is 17.8 Å². The molecule has 0 amide bonds. The SMILES string of the molecule is CCOC1CCN(CCC(=O)c2cc(F)cc(F)c2)CC1. The van der Waals surface area contributed by atoms with E-state index in [2.05, 4.69) is 4.90 Å². The van der Waals surface area contributed by atoms with Gasteiger partial charge in [-0.1, -0.05) is 0 Å². The largest absolute Gasteiger partial charge is 0.378 e. The summed E-state index contributed by atoms with van der Waals surface area (Å²) < 4.78 is 31.7. The Morgan fingerprint density at radius 2 is 1.86 bits per heavy atom. The van der Waals surface area contributed by atoms with E-state index in [1.54, 1.807) is 0 Å². The molecule has 0 unspecified atom stereocenters. The molecule has 1 aliphatic heterocycles. The third-order valence-corrected chi connectivity index (χ3v) is 3.78. The van der Waals surface area contributed by atoms with Crippen LogP contribution in [0.15, 0.2) is 18.2 Å². The smallest absolute Gasteiger partial charge is 0.164 e. The molecule has 1 aliphatic rings. The molecule has 0 bridgehead atoms. The lowest BCUT2D eigenvalue weighted by Gasteiger charge is -2.31. The molecule has 0 radical (unpaired) electrons. The van der Waals surface area contributed by atoms with Gasteiger partial charge in [-0.2, -0.15) is 0 Å². The number of hydrogen-bond donors (Lipinski definition) is 0. The molecular weight excluding hydrogens is 276 g/mol. The predicted molar refractivity (Wildman–Crippen MR) is 76.4 cm³/mol. The van der Waals surface area contributed by atoms with Gasteiger partial charge >= 0.3 is 0 Å². The number of carbonyl (C=O) groups is 1. The first kappa shape index (κ1) is 16.0. The lowest BCUT2D eigenvalue weighted by Crippen LogP contribution is -2.38. The van der Waals surface area contributed by atoms with Crippen molar-refractivity contribution in [3.05, 3.63) is 35.4 Å². The Balaban J connectivity index is 1.79. The van der Waals surface area contributed by atoms with Crippen molar-refractivity contribution in [2.24, 2.45) is 0 Å². The predicted octanol–water partition coefficient (Wildman–Crippen LogP) is 3.04. The minimum Gasteiger partial charge on any atom is -0.378 e. The number of hydrogen-bond acceptors (Lipinski definition) is 3. The molecule has 21 heavy (non-hydrogen) atoms. The average Bonchev–Trinajstić information content (AvgIpc) is 2.45. The van der Waals surface area contributed by atoms with Crippen LogP contribution in [-0.4, -0.2) is 43.0 Å². The van der Waals surface area contributed by atoms with E-state index < -0.39 is 11.6 Å². The number of piperidine rings is 1. The number of ketones is 1. The molecule has 0 saturated carbocycles. The van der Waals surface area contributed by atoms with Crippen LogP contribution in [0.3, 0.4) is 0 Å². The van der Waals surface area contributed by atoms with Crippen molar-refractivity contribution in [3.63, 3.8) is 0 Å². The van der Waals surface area contributed by atoms with E-state index in [0.29, 0.717) is 12.6 Å². The molecule has 1 heterocycles. The van der Waals surface area contributed by atoms with E-state index in [1.165, 1.54) is 0 Å². The first-order valence-electron chi connectivity index (χ1n) is 7.41. The van der Waals surface area contributed by atoms with Crippen LogP contribution in [0.4, 0.5) is 8.78 Å². The second-order valence-electron chi connectivity index (χ2n) is 5.33. The molecule has 0 atom stereocenters. The minimum absolute atomic E-state index is 0.108. The van der Waals surface area contributed by atoms with Gasteiger partial charge in [-0.05, 0) is 31.9 Å². The fourth-order valence-electron chi connectivity index (χ4n) is 2.65. The first-order valence-corrected chi connectivity index (χ1v) is 7.41. The summed E-state index contributed by atoms with van der Waals surface area (Å²) >= 11 is 0. The molecule has 0 aliphatic carbocycles. The highest BCUT2D eigenvalue weighted by Gasteiger charge is 2.20. The Kier molecular flexibility index (Phi) is 5.82. The molecule has 1 aromatic rings. The van der Waals surface area contributed by atoms with Gasteiger partial charge in [0.2, 0.25) is 0 Å². The summed E-state index contributed by atoms with van der Waals surface area (Å²) in [5, 5.41) is 0. The highest BCUT2D eigenvalue weighted by molar-refractivity contribution is 5.96. The maximum absolute atomic E-state index is 13.1. The molecule has 116 valence electrons. The Hall–Kier alpha value is -1.33. The zero-order chi connectivity index (χ0) is 15.2. The van der Waals surface area contributed by atoms with Crippen LogP contribution in [0.1, 0.15) is 36.5 Å². The van der Waals surface area contributed by atoms with Gasteiger partial charge in [0.25, 0.3) is 0 Å². The molecule has 0 spiro atoms. The molecule has 5 heteroatoms. The molecule has 1 saturated heterocycles. The normalized spacial score (nSPS) is 17.1. The minimum atomic E-state index is -0.712. The number of benzene rings is 1. The standard InChI is InChI=1S/C16H21F2NO2/c1-2-21-15-3-6-19(7-4-15)8-5-16(20)12-9-13(17)11-14(18)10-12/h9-11,15H,2-8H2,1H3. The summed E-state index contributed by atoms with van der Waals surface area (Å²) in [6.45, 7) is 5.14. The van der Waals surface area contributed by atoms with E-state index in [1.807, 2.05) is 6.92 Å². The quantitative estimate of drug-likeness (QED) is 0.756. The van der Waals surface area contributed by atoms with Gasteiger partial charge in [0.1, 0.15) is 11.6 Å². The van der Waals surface area contributed by atoms with Crippen molar-refractivity contribution in [3.8, 4) is 0 Å². The van der Waals surface area contributed by atoms with Crippen LogP contribution < -0.4 is 0 Å². The number of halogens is 2. The van der Waals surface area contributed by atoms with Crippen molar-refractivity contribution in [1.82, 2.24) is 4.90 Å². The van der Waals surface area contributed by atoms with Gasteiger partial charge in [0.15, 0.2) is 5.78 Å². The molecule has 0 aromatic heterocycles. The number of ether oxygens (including phenoxy) is 1. The van der Waals surface area contributed by atoms with Gasteiger partial charge in [-0.15, -0.1) is 0 Å². The fraction of sp³-hybridized carbons (Fsp3) is 0.562. The Morgan fingerprint density at radius 3 is 2.43 bits per heavy atom. The Morgan fingerprint density at radius 1 is 1.24 bits per heavy atom. The third-order valence-electron chi connectivity index (χ3n) is 3.78. The van der Waals surface area contributed by atoms with Crippen LogP contribution in [0.5, 0.6) is 0 Å². The van der Waals surface area contributed by atoms with Crippen molar-refractivity contribution in [1.29, 1.82) is 0 Å². The number of likely N-dealkylation sites (tertiary alicyclic amines) is 1. The van der Waals surface area contributed by atoms with Crippen LogP contribution in [0.2, 0.25) is 0 Å². The third kappa shape index (κ3) is 4.86. The topological polar surface area (TPSA) is 29.5 Å². The molecule has 1 aromatic carbocycles. The van der Waals surface area contributed by atoms with E-state index in [4.69, 9.17) is 4.74 Å². The summed E-state index contributed by atoms with van der Waals surface area (Å²) in [6.07, 6.45) is 2.54. The number of nitrogens with zero attached hydrogens (tertiary/aromatic N) is 1. The van der Waals surface area contributed by atoms with E-state index >= 15 is 0 Å². The van der Waals surface area contributed by atoms with Gasteiger partial charge < -0.3 is 9.64 Å². The number of carbonyl (C=O) groups excluding carboxylic acids is 1. The lowest BCUT2D eigenvalue weighted by molar-refractivity contribution is 0.0143. The zero-order valence-corrected chi connectivity index (χ0v) is 12.3. The molecule has 2 rings (SSSR count). The highest BCUT2D eigenvalue weighted by Crippen LogP contribution is 2.15.